The Bertz CT molecular complexity index is 727. The molecule has 1 N–H and O–H groups in total. The number of rotatable bonds is 16. The summed E-state index contributed by atoms with van der Waals surface area (Å²) >= 11 is 0. The second-order valence-corrected chi connectivity index (χ2v) is 9.57. The van der Waals surface area contributed by atoms with Gasteiger partial charge in [0.2, 0.25) is 6.41 Å². The normalized spacial score (nSPS) is 12.8. The Labute approximate surface area is 201 Å². The third kappa shape index (κ3) is 13.9. The molecule has 0 aliphatic heterocycles. The summed E-state index contributed by atoms with van der Waals surface area (Å²) in [7, 11) is 0. The molecule has 0 heterocycles. The quantitative estimate of drug-likeness (QED) is 0.130. The van der Waals surface area contributed by atoms with Crippen molar-refractivity contribution in [3.8, 4) is 0 Å². The molecule has 1 amide bonds. The van der Waals surface area contributed by atoms with Gasteiger partial charge in [0.25, 0.3) is 10.2 Å². The topological polar surface area (TPSA) is 207 Å². The molecule has 0 rings (SSSR count). The van der Waals surface area contributed by atoms with E-state index in [0.29, 0.717) is 5.06 Å². The number of amides is 1. The lowest BCUT2D eigenvalue weighted by atomic mass is 9.92. The smallest absolute Gasteiger partial charge is 0.331 e. The lowest BCUT2D eigenvalue weighted by molar-refractivity contribution is -0.772. The van der Waals surface area contributed by atoms with Crippen LogP contribution in [0.1, 0.15) is 54.4 Å². The number of aliphatic hydroxyl groups excluding tert-OH is 1. The number of aliphatic hydroxyl groups is 1. The summed E-state index contributed by atoms with van der Waals surface area (Å²) in [5.74, 6) is -1.79. The van der Waals surface area contributed by atoms with Gasteiger partial charge in [-0.3, -0.25) is 14.4 Å². The maximum Gasteiger partial charge on any atom is 0.331 e. The monoisotopic (exact) mass is 511 g/mol. The van der Waals surface area contributed by atoms with Gasteiger partial charge >= 0.3 is 11.9 Å². The van der Waals surface area contributed by atoms with E-state index in [1.807, 2.05) is 0 Å². The van der Waals surface area contributed by atoms with Gasteiger partial charge in [0.05, 0.1) is 17.6 Å². The Hall–Kier alpha value is -3.27. The maximum absolute atomic E-state index is 12.9. The summed E-state index contributed by atoms with van der Waals surface area (Å²) in [5.41, 5.74) is -3.62. The summed E-state index contributed by atoms with van der Waals surface area (Å²) < 4.78 is 10.3. The average molecular weight is 511 g/mol. The molecule has 0 aromatic carbocycles. The minimum atomic E-state index is -1.89. The van der Waals surface area contributed by atoms with E-state index >= 15 is 0 Å². The predicted octanol–water partition coefficient (Wildman–Crippen LogP) is 0.604. The van der Waals surface area contributed by atoms with E-state index in [4.69, 9.17) is 14.3 Å². The van der Waals surface area contributed by atoms with Crippen LogP contribution in [0.2, 0.25) is 0 Å². The van der Waals surface area contributed by atoms with Gasteiger partial charge in [-0.25, -0.2) is 9.86 Å². The minimum absolute atomic E-state index is 0.206. The Balaban J connectivity index is 5.70. The standard InChI is InChI=1S/C19H33N3O13/c1-17(2,3)34-15(25)8-7-14(20(13-24)35-18(4,5)6)16(26)31-10-19(9-23,11-32-21(27)28)12-33-22(29)30/h13-14,23H,7-12H2,1-6H3/t14-/m0/s1. The lowest BCUT2D eigenvalue weighted by Crippen LogP contribution is -2.48. The first kappa shape index (κ1) is 31.7. The second-order valence-electron chi connectivity index (χ2n) is 9.57. The van der Waals surface area contributed by atoms with Crippen molar-refractivity contribution in [2.24, 2.45) is 5.41 Å². The summed E-state index contributed by atoms with van der Waals surface area (Å²) in [6, 6.07) is -1.47. The molecule has 0 aromatic rings. The molecule has 0 saturated heterocycles. The number of carbonyl (C=O) groups is 3. The van der Waals surface area contributed by atoms with Crippen LogP contribution in [0.25, 0.3) is 0 Å². The fraction of sp³-hybridized carbons (Fsp3) is 0.842. The van der Waals surface area contributed by atoms with Crippen LogP contribution in [0, 0.1) is 25.6 Å². The molecule has 16 heteroatoms. The van der Waals surface area contributed by atoms with Crippen molar-refractivity contribution in [2.45, 2.75) is 71.6 Å². The van der Waals surface area contributed by atoms with Gasteiger partial charge in [-0.1, -0.05) is 0 Å². The molecule has 0 saturated carbocycles. The number of hydrogen-bond acceptors (Lipinski definition) is 13. The zero-order chi connectivity index (χ0) is 27.4. The number of hydrogen-bond donors (Lipinski definition) is 1. The SMILES string of the molecule is CC(C)(C)OC(=O)CC[C@@H](C(=O)OCC(CO)(CO[N+](=O)[O-])CO[N+](=O)[O-])N(C=O)OC(C)(C)C. The van der Waals surface area contributed by atoms with Crippen LogP contribution in [0.3, 0.4) is 0 Å². The predicted molar refractivity (Wildman–Crippen MR) is 114 cm³/mol. The molecule has 35 heavy (non-hydrogen) atoms. The van der Waals surface area contributed by atoms with Crippen LogP contribution in [0.5, 0.6) is 0 Å². The van der Waals surface area contributed by atoms with Gasteiger partial charge in [-0.2, -0.15) is 0 Å². The summed E-state index contributed by atoms with van der Waals surface area (Å²) in [6.45, 7) is 6.13. The van der Waals surface area contributed by atoms with Crippen LogP contribution >= 0.6 is 0 Å². The Morgan fingerprint density at radius 2 is 1.49 bits per heavy atom. The van der Waals surface area contributed by atoms with E-state index in [2.05, 4.69) is 9.68 Å². The Morgan fingerprint density at radius 1 is 0.971 bits per heavy atom. The van der Waals surface area contributed by atoms with Gasteiger partial charge in [-0.05, 0) is 48.0 Å². The minimum Gasteiger partial charge on any atom is -0.463 e. The highest BCUT2D eigenvalue weighted by molar-refractivity contribution is 5.79. The molecule has 0 bridgehead atoms. The van der Waals surface area contributed by atoms with E-state index in [1.165, 1.54) is 0 Å². The first-order valence-electron chi connectivity index (χ1n) is 10.4. The molecule has 0 aliphatic rings. The molecule has 0 unspecified atom stereocenters. The molecule has 0 aliphatic carbocycles. The van der Waals surface area contributed by atoms with Crippen LogP contribution in [0.4, 0.5) is 0 Å². The van der Waals surface area contributed by atoms with Gasteiger partial charge in [0.1, 0.15) is 25.4 Å². The largest absolute Gasteiger partial charge is 0.463 e. The molecular weight excluding hydrogens is 478 g/mol. The van der Waals surface area contributed by atoms with E-state index in [-0.39, 0.29) is 19.3 Å². The highest BCUT2D eigenvalue weighted by Gasteiger charge is 2.38. The van der Waals surface area contributed by atoms with Crippen molar-refractivity contribution in [1.82, 2.24) is 5.06 Å². The van der Waals surface area contributed by atoms with Gasteiger partial charge in [0, 0.05) is 6.42 Å². The molecule has 0 spiro atoms. The van der Waals surface area contributed by atoms with E-state index in [9.17, 15) is 39.7 Å². The van der Waals surface area contributed by atoms with Gasteiger partial charge in [0.15, 0.2) is 6.04 Å². The average Bonchev–Trinajstić information content (AvgIpc) is 2.70. The first-order chi connectivity index (χ1) is 15.9. The van der Waals surface area contributed by atoms with Crippen LogP contribution in [-0.4, -0.2) is 82.4 Å². The molecule has 16 nitrogen and oxygen atoms in total. The molecule has 0 fully saturated rings. The second kappa shape index (κ2) is 13.6. The van der Waals surface area contributed by atoms with E-state index in [1.54, 1.807) is 41.5 Å². The molecule has 202 valence electrons. The van der Waals surface area contributed by atoms with Crippen molar-refractivity contribution in [3.05, 3.63) is 20.2 Å². The van der Waals surface area contributed by atoms with Crippen molar-refractivity contribution in [2.75, 3.05) is 26.4 Å². The van der Waals surface area contributed by atoms with Crippen LogP contribution in [0.15, 0.2) is 0 Å². The molecule has 0 radical (unpaired) electrons. The zero-order valence-electron chi connectivity index (χ0n) is 20.6. The van der Waals surface area contributed by atoms with E-state index < -0.39 is 71.2 Å². The summed E-state index contributed by atoms with van der Waals surface area (Å²) in [6.07, 6.45) is -0.391. The van der Waals surface area contributed by atoms with Crippen LogP contribution < -0.4 is 0 Å². The van der Waals surface area contributed by atoms with Gasteiger partial charge in [-0.15, -0.1) is 20.2 Å². The van der Waals surface area contributed by atoms with Crippen molar-refractivity contribution < 1.29 is 53.6 Å². The summed E-state index contributed by atoms with van der Waals surface area (Å²) in [5, 5.41) is 29.1. The van der Waals surface area contributed by atoms with Crippen molar-refractivity contribution in [1.29, 1.82) is 0 Å². The van der Waals surface area contributed by atoms with Crippen LogP contribution in [-0.2, 0) is 38.4 Å². The fourth-order valence-corrected chi connectivity index (χ4v) is 2.43. The van der Waals surface area contributed by atoms with Crippen molar-refractivity contribution >= 4 is 18.3 Å². The van der Waals surface area contributed by atoms with Gasteiger partial charge < -0.3 is 24.3 Å². The molecule has 0 aromatic heterocycles. The summed E-state index contributed by atoms with van der Waals surface area (Å²) in [4.78, 5) is 71.7. The van der Waals surface area contributed by atoms with Crippen molar-refractivity contribution in [3.63, 3.8) is 0 Å². The molecule has 1 atom stereocenters. The number of nitrogens with zero attached hydrogens (tertiary/aromatic N) is 3. The third-order valence-electron chi connectivity index (χ3n) is 3.91. The number of carbonyl (C=O) groups excluding carboxylic acids is 3. The highest BCUT2D eigenvalue weighted by Crippen LogP contribution is 2.22. The highest BCUT2D eigenvalue weighted by atomic mass is 17.0. The number of ether oxygens (including phenoxy) is 2. The Morgan fingerprint density at radius 3 is 1.86 bits per heavy atom. The van der Waals surface area contributed by atoms with E-state index in [0.717, 1.165) is 0 Å². The first-order valence-corrected chi connectivity index (χ1v) is 10.4. The number of esters is 2. The third-order valence-corrected chi connectivity index (χ3v) is 3.91. The lowest BCUT2D eigenvalue weighted by Gasteiger charge is -2.33. The fourth-order valence-electron chi connectivity index (χ4n) is 2.43. The molecular formula is C19H33N3O13. The Kier molecular flexibility index (Phi) is 12.3. The zero-order valence-corrected chi connectivity index (χ0v) is 20.6. The number of hydroxylamine groups is 2. The maximum atomic E-state index is 12.9.